The lowest BCUT2D eigenvalue weighted by Gasteiger charge is -2.15. The molecular formula is C12H13ClF3NO. The highest BCUT2D eigenvalue weighted by Gasteiger charge is 2.30. The zero-order chi connectivity index (χ0) is 13.8. The van der Waals surface area contributed by atoms with Gasteiger partial charge in [0.1, 0.15) is 0 Å². The van der Waals surface area contributed by atoms with Gasteiger partial charge in [0.15, 0.2) is 0 Å². The molecule has 1 rings (SSSR count). The molecule has 0 saturated heterocycles. The van der Waals surface area contributed by atoms with Crippen LogP contribution < -0.4 is 5.32 Å². The van der Waals surface area contributed by atoms with Gasteiger partial charge < -0.3 is 5.32 Å². The number of amides is 1. The highest BCUT2D eigenvalue weighted by molar-refractivity contribution is 6.17. The number of carbonyl (C=O) groups is 1. The van der Waals surface area contributed by atoms with Crippen LogP contribution in [-0.4, -0.2) is 18.1 Å². The van der Waals surface area contributed by atoms with E-state index in [4.69, 9.17) is 11.6 Å². The van der Waals surface area contributed by atoms with E-state index in [2.05, 4.69) is 5.32 Å². The van der Waals surface area contributed by atoms with E-state index in [9.17, 15) is 18.0 Å². The number of hydrogen-bond acceptors (Lipinski definition) is 1. The van der Waals surface area contributed by atoms with Gasteiger partial charge in [0.2, 0.25) is 0 Å². The zero-order valence-corrected chi connectivity index (χ0v) is 10.5. The van der Waals surface area contributed by atoms with Gasteiger partial charge in [-0.3, -0.25) is 4.79 Å². The third kappa shape index (κ3) is 4.96. The minimum Gasteiger partial charge on any atom is -0.349 e. The van der Waals surface area contributed by atoms with Gasteiger partial charge in [0.25, 0.3) is 5.91 Å². The van der Waals surface area contributed by atoms with Crippen LogP contribution in [0.2, 0.25) is 0 Å². The molecule has 1 aromatic carbocycles. The molecule has 0 aliphatic heterocycles. The van der Waals surface area contributed by atoms with Crippen molar-refractivity contribution in [2.45, 2.75) is 31.4 Å². The summed E-state index contributed by atoms with van der Waals surface area (Å²) in [6, 6.07) is 5.44. The molecule has 0 saturated carbocycles. The highest BCUT2D eigenvalue weighted by Crippen LogP contribution is 2.21. The fourth-order valence-electron chi connectivity index (χ4n) is 1.45. The van der Waals surface area contributed by atoms with Crippen molar-refractivity contribution in [2.75, 3.05) is 0 Å². The number of alkyl halides is 4. The topological polar surface area (TPSA) is 29.1 Å². The largest absolute Gasteiger partial charge is 0.391 e. The summed E-state index contributed by atoms with van der Waals surface area (Å²) in [5, 5.41) is 2.30. The molecule has 0 aromatic heterocycles. The second-order valence-corrected chi connectivity index (χ2v) is 4.29. The van der Waals surface area contributed by atoms with Crippen molar-refractivity contribution in [1.82, 2.24) is 5.32 Å². The number of carbonyl (C=O) groups excluding carboxylic acids is 1. The maximum absolute atomic E-state index is 12.1. The third-order valence-electron chi connectivity index (χ3n) is 2.29. The molecule has 6 heteroatoms. The van der Waals surface area contributed by atoms with Gasteiger partial charge >= 0.3 is 6.18 Å². The average Bonchev–Trinajstić information content (AvgIpc) is 2.26. The molecule has 1 unspecified atom stereocenters. The summed E-state index contributed by atoms with van der Waals surface area (Å²) in [4.78, 5) is 11.6. The Labute approximate surface area is 108 Å². The molecule has 0 spiro atoms. The van der Waals surface area contributed by atoms with E-state index in [-0.39, 0.29) is 0 Å². The summed E-state index contributed by atoms with van der Waals surface area (Å²) in [6.07, 6.45) is -5.33. The Hall–Kier alpha value is -1.23. The predicted molar refractivity (Wildman–Crippen MR) is 63.6 cm³/mol. The number of hydrogen-bond donors (Lipinski definition) is 1. The van der Waals surface area contributed by atoms with Gasteiger partial charge in [-0.25, -0.2) is 0 Å². The molecule has 1 aromatic rings. The number of nitrogens with one attached hydrogen (secondary N) is 1. The summed E-state index contributed by atoms with van der Waals surface area (Å²) in [6.45, 7) is 1.32. The van der Waals surface area contributed by atoms with E-state index in [1.54, 1.807) is 12.1 Å². The van der Waals surface area contributed by atoms with E-state index in [0.717, 1.165) is 5.56 Å². The standard InChI is InChI=1S/C12H13ClF3NO/c1-8(6-12(14,15)16)17-11(18)10-4-2-9(7-13)3-5-10/h2-5,8H,6-7H2,1H3,(H,17,18). The van der Waals surface area contributed by atoms with Crippen LogP contribution in [0.15, 0.2) is 24.3 Å². The molecule has 18 heavy (non-hydrogen) atoms. The highest BCUT2D eigenvalue weighted by atomic mass is 35.5. The molecule has 0 fully saturated rings. The van der Waals surface area contributed by atoms with Crippen LogP contribution in [0.25, 0.3) is 0 Å². The quantitative estimate of drug-likeness (QED) is 0.840. The smallest absolute Gasteiger partial charge is 0.349 e. The Bertz CT molecular complexity index is 403. The second-order valence-electron chi connectivity index (χ2n) is 4.02. The van der Waals surface area contributed by atoms with Crippen LogP contribution in [0, 0.1) is 0 Å². The van der Waals surface area contributed by atoms with Crippen LogP contribution in [0.4, 0.5) is 13.2 Å². The molecule has 100 valence electrons. The lowest BCUT2D eigenvalue weighted by molar-refractivity contribution is -0.138. The van der Waals surface area contributed by atoms with Gasteiger partial charge in [0.05, 0.1) is 6.42 Å². The van der Waals surface area contributed by atoms with Crippen LogP contribution in [0.5, 0.6) is 0 Å². The molecule has 1 atom stereocenters. The molecule has 0 radical (unpaired) electrons. The predicted octanol–water partition coefficient (Wildman–Crippen LogP) is 3.50. The summed E-state index contributed by atoms with van der Waals surface area (Å²) < 4.78 is 36.3. The van der Waals surface area contributed by atoms with Crippen molar-refractivity contribution in [2.24, 2.45) is 0 Å². The van der Waals surface area contributed by atoms with E-state index in [1.165, 1.54) is 19.1 Å². The van der Waals surface area contributed by atoms with Crippen LogP contribution >= 0.6 is 11.6 Å². The van der Waals surface area contributed by atoms with Crippen LogP contribution in [-0.2, 0) is 5.88 Å². The minimum atomic E-state index is -4.28. The summed E-state index contributed by atoms with van der Waals surface area (Å²) in [5.41, 5.74) is 1.16. The summed E-state index contributed by atoms with van der Waals surface area (Å²) in [5.74, 6) is -0.195. The Kier molecular flexibility index (Phi) is 5.02. The minimum absolute atomic E-state index is 0.317. The number of halogens is 4. The maximum Gasteiger partial charge on any atom is 0.391 e. The molecule has 1 N–H and O–H groups in total. The first-order chi connectivity index (χ1) is 8.31. The average molecular weight is 280 g/mol. The molecular weight excluding hydrogens is 267 g/mol. The van der Waals surface area contributed by atoms with Crippen molar-refractivity contribution < 1.29 is 18.0 Å². The zero-order valence-electron chi connectivity index (χ0n) is 9.72. The third-order valence-corrected chi connectivity index (χ3v) is 2.59. The van der Waals surface area contributed by atoms with Crippen molar-refractivity contribution in [3.05, 3.63) is 35.4 Å². The van der Waals surface area contributed by atoms with Gasteiger partial charge in [-0.2, -0.15) is 13.2 Å². The van der Waals surface area contributed by atoms with E-state index in [1.807, 2.05) is 0 Å². The Balaban J connectivity index is 2.59. The normalized spacial score (nSPS) is 13.2. The summed E-state index contributed by atoms with van der Waals surface area (Å²) in [7, 11) is 0. The number of rotatable bonds is 4. The first-order valence-electron chi connectivity index (χ1n) is 5.34. The van der Waals surface area contributed by atoms with Gasteiger partial charge in [-0.15, -0.1) is 11.6 Å². The molecule has 2 nitrogen and oxygen atoms in total. The van der Waals surface area contributed by atoms with Crippen molar-refractivity contribution in [3.8, 4) is 0 Å². The van der Waals surface area contributed by atoms with Crippen LogP contribution in [0.1, 0.15) is 29.3 Å². The molecule has 0 bridgehead atoms. The van der Waals surface area contributed by atoms with Crippen molar-refractivity contribution in [1.29, 1.82) is 0 Å². The first kappa shape index (κ1) is 14.8. The summed E-state index contributed by atoms with van der Waals surface area (Å²) >= 11 is 5.59. The fourth-order valence-corrected chi connectivity index (χ4v) is 1.63. The fraction of sp³-hybridized carbons (Fsp3) is 0.417. The second kappa shape index (κ2) is 6.09. The van der Waals surface area contributed by atoms with Crippen molar-refractivity contribution >= 4 is 17.5 Å². The van der Waals surface area contributed by atoms with Gasteiger partial charge in [-0.05, 0) is 24.6 Å². The molecule has 0 aliphatic rings. The lowest BCUT2D eigenvalue weighted by atomic mass is 10.1. The SMILES string of the molecule is CC(CC(F)(F)F)NC(=O)c1ccc(CCl)cc1. The number of benzene rings is 1. The molecule has 1 amide bonds. The molecule has 0 heterocycles. The van der Waals surface area contributed by atoms with E-state index in [0.29, 0.717) is 11.4 Å². The Morgan fingerprint density at radius 1 is 1.33 bits per heavy atom. The van der Waals surface area contributed by atoms with Crippen LogP contribution in [0.3, 0.4) is 0 Å². The monoisotopic (exact) mass is 279 g/mol. The Morgan fingerprint density at radius 3 is 2.33 bits per heavy atom. The van der Waals surface area contributed by atoms with Crippen molar-refractivity contribution in [3.63, 3.8) is 0 Å². The van der Waals surface area contributed by atoms with E-state index >= 15 is 0 Å². The molecule has 0 aliphatic carbocycles. The maximum atomic E-state index is 12.1. The first-order valence-corrected chi connectivity index (χ1v) is 5.88. The van der Waals surface area contributed by atoms with Gasteiger partial charge in [0, 0.05) is 17.5 Å². The lowest BCUT2D eigenvalue weighted by Crippen LogP contribution is -2.35. The Morgan fingerprint density at radius 2 is 1.89 bits per heavy atom. The van der Waals surface area contributed by atoms with Gasteiger partial charge in [-0.1, -0.05) is 12.1 Å². The van der Waals surface area contributed by atoms with E-state index < -0.39 is 24.5 Å².